The van der Waals surface area contributed by atoms with Gasteiger partial charge in [-0.25, -0.2) is 0 Å². The molecular formula is C12H24ClN3O. The third-order valence-corrected chi connectivity index (χ3v) is 3.89. The molecule has 0 aliphatic carbocycles. The summed E-state index contributed by atoms with van der Waals surface area (Å²) in [7, 11) is 0. The highest BCUT2D eigenvalue weighted by atomic mass is 35.5. The van der Waals surface area contributed by atoms with Gasteiger partial charge in [-0.05, 0) is 51.2 Å². The Kier molecular flexibility index (Phi) is 6.23. The lowest BCUT2D eigenvalue weighted by Gasteiger charge is -2.37. The molecule has 5 heteroatoms. The number of nitrogens with two attached hydrogens (primary N) is 1. The Bertz CT molecular complexity index is 244. The normalized spacial score (nSPS) is 27.4. The number of primary amides is 1. The number of hydrogen-bond acceptors (Lipinski definition) is 3. The summed E-state index contributed by atoms with van der Waals surface area (Å²) in [6, 6.07) is 0.00337. The molecular weight excluding hydrogens is 238 g/mol. The summed E-state index contributed by atoms with van der Waals surface area (Å²) in [6.45, 7) is 4.37. The van der Waals surface area contributed by atoms with Gasteiger partial charge in [0.05, 0.1) is 6.04 Å². The third kappa shape index (κ3) is 4.12. The van der Waals surface area contributed by atoms with Crippen LogP contribution in [-0.4, -0.2) is 43.0 Å². The first-order chi connectivity index (χ1) is 7.77. The molecule has 0 aromatic carbocycles. The van der Waals surface area contributed by atoms with E-state index in [9.17, 15) is 4.79 Å². The van der Waals surface area contributed by atoms with E-state index in [4.69, 9.17) is 5.73 Å². The fourth-order valence-corrected chi connectivity index (χ4v) is 2.93. The molecule has 1 unspecified atom stereocenters. The van der Waals surface area contributed by atoms with E-state index in [1.54, 1.807) is 0 Å². The smallest absolute Gasteiger partial charge is 0.234 e. The zero-order valence-electron chi connectivity index (χ0n) is 10.4. The first-order valence-electron chi connectivity index (χ1n) is 6.51. The molecule has 4 nitrogen and oxygen atoms in total. The lowest BCUT2D eigenvalue weighted by atomic mass is 9.94. The minimum absolute atomic E-state index is 0. The van der Waals surface area contributed by atoms with E-state index >= 15 is 0 Å². The van der Waals surface area contributed by atoms with Gasteiger partial charge in [0.25, 0.3) is 0 Å². The number of nitrogens with zero attached hydrogens (tertiary/aromatic N) is 1. The van der Waals surface area contributed by atoms with Gasteiger partial charge in [-0.3, -0.25) is 9.69 Å². The van der Waals surface area contributed by atoms with Crippen LogP contribution in [0.5, 0.6) is 0 Å². The maximum absolute atomic E-state index is 11.4. The SMILES string of the molecule is Cl.NC(=O)C1CCCCN1CC1CCNCC1. The number of amides is 1. The molecule has 100 valence electrons. The molecule has 1 atom stereocenters. The molecule has 2 heterocycles. The molecule has 2 aliphatic heterocycles. The molecule has 0 saturated carbocycles. The number of carbonyl (C=O) groups is 1. The highest BCUT2D eigenvalue weighted by Crippen LogP contribution is 2.21. The highest BCUT2D eigenvalue weighted by molar-refractivity contribution is 5.85. The van der Waals surface area contributed by atoms with Gasteiger partial charge < -0.3 is 11.1 Å². The molecule has 0 spiro atoms. The van der Waals surface area contributed by atoms with Gasteiger partial charge in [-0.2, -0.15) is 0 Å². The van der Waals surface area contributed by atoms with Crippen LogP contribution in [0.15, 0.2) is 0 Å². The van der Waals surface area contributed by atoms with Gasteiger partial charge in [0.1, 0.15) is 0 Å². The molecule has 3 N–H and O–H groups in total. The van der Waals surface area contributed by atoms with Crippen LogP contribution in [0.25, 0.3) is 0 Å². The molecule has 0 aromatic heterocycles. The van der Waals surface area contributed by atoms with Crippen molar-refractivity contribution in [2.24, 2.45) is 11.7 Å². The van der Waals surface area contributed by atoms with Crippen molar-refractivity contribution in [3.8, 4) is 0 Å². The fourth-order valence-electron chi connectivity index (χ4n) is 2.93. The van der Waals surface area contributed by atoms with E-state index in [2.05, 4.69) is 10.2 Å². The lowest BCUT2D eigenvalue weighted by molar-refractivity contribution is -0.124. The van der Waals surface area contributed by atoms with Crippen molar-refractivity contribution in [2.45, 2.75) is 38.1 Å². The Hall–Kier alpha value is -0.320. The lowest BCUT2D eigenvalue weighted by Crippen LogP contribution is -2.50. The molecule has 0 aromatic rings. The van der Waals surface area contributed by atoms with E-state index in [1.165, 1.54) is 19.3 Å². The van der Waals surface area contributed by atoms with Crippen molar-refractivity contribution < 1.29 is 4.79 Å². The second-order valence-electron chi connectivity index (χ2n) is 5.10. The van der Waals surface area contributed by atoms with Crippen LogP contribution in [0.3, 0.4) is 0 Å². The van der Waals surface area contributed by atoms with Crippen molar-refractivity contribution in [3.63, 3.8) is 0 Å². The van der Waals surface area contributed by atoms with E-state index in [1.807, 2.05) is 0 Å². The van der Waals surface area contributed by atoms with Crippen LogP contribution in [0.4, 0.5) is 0 Å². The summed E-state index contributed by atoms with van der Waals surface area (Å²) in [6.07, 6.45) is 5.80. The molecule has 17 heavy (non-hydrogen) atoms. The number of piperidine rings is 2. The van der Waals surface area contributed by atoms with Gasteiger partial charge in [0.2, 0.25) is 5.91 Å². The van der Waals surface area contributed by atoms with E-state index < -0.39 is 0 Å². The van der Waals surface area contributed by atoms with Crippen molar-refractivity contribution in [1.29, 1.82) is 0 Å². The van der Waals surface area contributed by atoms with Gasteiger partial charge in [0, 0.05) is 6.54 Å². The largest absolute Gasteiger partial charge is 0.368 e. The quantitative estimate of drug-likeness (QED) is 0.788. The summed E-state index contributed by atoms with van der Waals surface area (Å²) in [5, 5.41) is 3.38. The van der Waals surface area contributed by atoms with Crippen molar-refractivity contribution >= 4 is 18.3 Å². The predicted molar refractivity (Wildman–Crippen MR) is 71.2 cm³/mol. The fraction of sp³-hybridized carbons (Fsp3) is 0.917. The summed E-state index contributed by atoms with van der Waals surface area (Å²) in [4.78, 5) is 13.7. The average Bonchev–Trinajstić information content (AvgIpc) is 2.31. The molecule has 1 amide bonds. The van der Waals surface area contributed by atoms with Crippen molar-refractivity contribution in [3.05, 3.63) is 0 Å². The number of rotatable bonds is 3. The molecule has 0 radical (unpaired) electrons. The maximum atomic E-state index is 11.4. The van der Waals surface area contributed by atoms with Crippen molar-refractivity contribution in [2.75, 3.05) is 26.2 Å². The van der Waals surface area contributed by atoms with Crippen LogP contribution in [-0.2, 0) is 4.79 Å². The molecule has 2 fully saturated rings. The second kappa shape index (κ2) is 7.19. The zero-order chi connectivity index (χ0) is 11.4. The zero-order valence-corrected chi connectivity index (χ0v) is 11.2. The van der Waals surface area contributed by atoms with Crippen molar-refractivity contribution in [1.82, 2.24) is 10.2 Å². The Morgan fingerprint density at radius 3 is 2.59 bits per heavy atom. The van der Waals surface area contributed by atoms with Crippen LogP contribution in [0.2, 0.25) is 0 Å². The average molecular weight is 262 g/mol. The second-order valence-corrected chi connectivity index (χ2v) is 5.10. The monoisotopic (exact) mass is 261 g/mol. The number of likely N-dealkylation sites (tertiary alicyclic amines) is 1. The summed E-state index contributed by atoms with van der Waals surface area (Å²) in [5.74, 6) is 0.620. The number of nitrogens with one attached hydrogen (secondary N) is 1. The summed E-state index contributed by atoms with van der Waals surface area (Å²) < 4.78 is 0. The van der Waals surface area contributed by atoms with Gasteiger partial charge >= 0.3 is 0 Å². The topological polar surface area (TPSA) is 58.4 Å². The number of halogens is 1. The Morgan fingerprint density at radius 1 is 1.24 bits per heavy atom. The molecule has 2 rings (SSSR count). The van der Waals surface area contributed by atoms with Crippen LogP contribution in [0, 0.1) is 5.92 Å². The van der Waals surface area contributed by atoms with Crippen LogP contribution >= 0.6 is 12.4 Å². The van der Waals surface area contributed by atoms with E-state index in [0.29, 0.717) is 0 Å². The van der Waals surface area contributed by atoms with Gasteiger partial charge in [-0.1, -0.05) is 6.42 Å². The summed E-state index contributed by atoms with van der Waals surface area (Å²) >= 11 is 0. The van der Waals surface area contributed by atoms with E-state index in [-0.39, 0.29) is 24.4 Å². The summed E-state index contributed by atoms with van der Waals surface area (Å²) in [5.41, 5.74) is 5.47. The predicted octanol–water partition coefficient (Wildman–Crippen LogP) is 0.748. The maximum Gasteiger partial charge on any atom is 0.234 e. The van der Waals surface area contributed by atoms with Crippen LogP contribution in [0.1, 0.15) is 32.1 Å². The minimum Gasteiger partial charge on any atom is -0.368 e. The highest BCUT2D eigenvalue weighted by Gasteiger charge is 2.28. The Labute approximate surface area is 110 Å². The van der Waals surface area contributed by atoms with Crippen LogP contribution < -0.4 is 11.1 Å². The minimum atomic E-state index is -0.131. The van der Waals surface area contributed by atoms with Gasteiger partial charge in [0.15, 0.2) is 0 Å². The first kappa shape index (κ1) is 14.7. The Morgan fingerprint density at radius 2 is 1.94 bits per heavy atom. The number of hydrogen-bond donors (Lipinski definition) is 2. The van der Waals surface area contributed by atoms with E-state index in [0.717, 1.165) is 44.9 Å². The molecule has 0 bridgehead atoms. The Balaban J connectivity index is 0.00000144. The molecule has 2 saturated heterocycles. The number of carbonyl (C=O) groups excluding carboxylic acids is 1. The van der Waals surface area contributed by atoms with Gasteiger partial charge in [-0.15, -0.1) is 12.4 Å². The standard InChI is InChI=1S/C12H23N3O.ClH/c13-12(16)11-3-1-2-8-15(11)9-10-4-6-14-7-5-10;/h10-11,14H,1-9H2,(H2,13,16);1H. The first-order valence-corrected chi connectivity index (χ1v) is 6.51. The third-order valence-electron chi connectivity index (χ3n) is 3.89. The molecule has 2 aliphatic rings.